The van der Waals surface area contributed by atoms with Gasteiger partial charge in [0.25, 0.3) is 5.91 Å². The molecule has 9 nitrogen and oxygen atoms in total. The Hall–Kier alpha value is -3.13. The Kier molecular flexibility index (Phi) is 9.39. The van der Waals surface area contributed by atoms with Gasteiger partial charge in [0.1, 0.15) is 5.75 Å². The maximum Gasteiger partial charge on any atom is 0.416 e. The second-order valence-electron chi connectivity index (χ2n) is 9.46. The molecule has 4 rings (SSSR count). The van der Waals surface area contributed by atoms with Crippen LogP contribution in [-0.2, 0) is 30.5 Å². The zero-order valence-corrected chi connectivity index (χ0v) is 22.6. The fourth-order valence-corrected chi connectivity index (χ4v) is 5.62. The van der Waals surface area contributed by atoms with Crippen LogP contribution in [-0.4, -0.2) is 69.5 Å². The number of nitrogens with one attached hydrogen (secondary N) is 1. The number of hydrogen-bond donors (Lipinski definition) is 2. The van der Waals surface area contributed by atoms with E-state index in [1.54, 1.807) is 6.08 Å². The molecule has 2 aromatic carbocycles. The van der Waals surface area contributed by atoms with Gasteiger partial charge in [0.05, 0.1) is 30.8 Å². The van der Waals surface area contributed by atoms with Gasteiger partial charge in [-0.05, 0) is 60.9 Å². The van der Waals surface area contributed by atoms with Crippen LogP contribution in [0.25, 0.3) is 0 Å². The van der Waals surface area contributed by atoms with Gasteiger partial charge in [0, 0.05) is 31.5 Å². The summed E-state index contributed by atoms with van der Waals surface area (Å²) in [6, 6.07) is 10.5. The van der Waals surface area contributed by atoms with Crippen molar-refractivity contribution in [3.05, 3.63) is 71.5 Å². The summed E-state index contributed by atoms with van der Waals surface area (Å²) in [5.74, 6) is -0.442. The third-order valence-corrected chi connectivity index (χ3v) is 8.46. The summed E-state index contributed by atoms with van der Waals surface area (Å²) in [6.45, 7) is -0.837. The van der Waals surface area contributed by atoms with Crippen molar-refractivity contribution >= 4 is 15.9 Å². The number of aliphatic hydroxyl groups excluding tert-OH is 1. The number of ether oxygens (including phenoxy) is 3. The highest BCUT2D eigenvalue weighted by molar-refractivity contribution is 7.89. The van der Waals surface area contributed by atoms with Crippen molar-refractivity contribution in [1.82, 2.24) is 9.62 Å². The quantitative estimate of drug-likeness (QED) is 0.393. The number of hydrogen-bond acceptors (Lipinski definition) is 7. The molecular formula is C27H31F3N2O7S. The molecule has 1 aliphatic carbocycles. The van der Waals surface area contributed by atoms with E-state index in [4.69, 9.17) is 14.2 Å². The number of methoxy groups -OCH3 is 1. The molecule has 0 aromatic heterocycles. The van der Waals surface area contributed by atoms with E-state index < -0.39 is 46.5 Å². The molecule has 1 saturated carbocycles. The first-order valence-corrected chi connectivity index (χ1v) is 14.2. The Balaban J connectivity index is 1.45. The van der Waals surface area contributed by atoms with E-state index in [9.17, 15) is 31.5 Å². The lowest BCUT2D eigenvalue weighted by Gasteiger charge is -2.30. The first-order chi connectivity index (χ1) is 19.0. The van der Waals surface area contributed by atoms with Crippen LogP contribution in [0.4, 0.5) is 13.2 Å². The molecule has 1 fully saturated rings. The van der Waals surface area contributed by atoms with Gasteiger partial charge in [0.2, 0.25) is 16.3 Å². The van der Waals surface area contributed by atoms with Gasteiger partial charge in [-0.25, -0.2) is 8.42 Å². The second-order valence-corrected chi connectivity index (χ2v) is 11.4. The average molecular weight is 585 g/mol. The number of nitrogens with zero attached hydrogens (tertiary/aromatic N) is 1. The van der Waals surface area contributed by atoms with Crippen LogP contribution in [0, 0.1) is 0 Å². The van der Waals surface area contributed by atoms with Gasteiger partial charge in [-0.3, -0.25) is 4.79 Å². The minimum atomic E-state index is -4.47. The van der Waals surface area contributed by atoms with E-state index >= 15 is 0 Å². The summed E-state index contributed by atoms with van der Waals surface area (Å²) in [5, 5.41) is 12.3. The molecule has 0 unspecified atom stereocenters. The Labute approximate surface area is 230 Å². The largest absolute Gasteiger partial charge is 0.497 e. The van der Waals surface area contributed by atoms with E-state index in [0.717, 1.165) is 29.3 Å². The van der Waals surface area contributed by atoms with Crippen LogP contribution in [0.2, 0.25) is 0 Å². The van der Waals surface area contributed by atoms with E-state index in [1.165, 1.54) is 43.5 Å². The highest BCUT2D eigenvalue weighted by Gasteiger charge is 2.34. The number of amides is 1. The lowest BCUT2D eigenvalue weighted by molar-refractivity contribution is -0.146. The van der Waals surface area contributed by atoms with Crippen molar-refractivity contribution < 1.29 is 45.7 Å². The second kappa shape index (κ2) is 12.6. The van der Waals surface area contributed by atoms with Gasteiger partial charge < -0.3 is 24.6 Å². The molecule has 13 heteroatoms. The maximum absolute atomic E-state index is 13.1. The molecule has 1 amide bonds. The van der Waals surface area contributed by atoms with Gasteiger partial charge in [-0.15, -0.1) is 0 Å². The van der Waals surface area contributed by atoms with Gasteiger partial charge in [0.15, 0.2) is 5.76 Å². The summed E-state index contributed by atoms with van der Waals surface area (Å²) in [5.41, 5.74) is -0.237. The number of sulfonamides is 1. The van der Waals surface area contributed by atoms with Gasteiger partial charge in [-0.2, -0.15) is 17.5 Å². The highest BCUT2D eigenvalue weighted by atomic mass is 32.2. The molecular weight excluding hydrogens is 553 g/mol. The van der Waals surface area contributed by atoms with Crippen molar-refractivity contribution in [2.45, 2.75) is 48.6 Å². The summed E-state index contributed by atoms with van der Waals surface area (Å²) >= 11 is 0. The Morgan fingerprint density at radius 3 is 2.35 bits per heavy atom. The third-order valence-electron chi connectivity index (χ3n) is 6.55. The Morgan fingerprint density at radius 1 is 1.10 bits per heavy atom. The lowest BCUT2D eigenvalue weighted by atomic mass is 9.92. The molecule has 2 N–H and O–H groups in total. The normalized spacial score (nSPS) is 19.6. The smallest absolute Gasteiger partial charge is 0.416 e. The van der Waals surface area contributed by atoms with E-state index in [2.05, 4.69) is 5.32 Å². The molecule has 2 atom stereocenters. The summed E-state index contributed by atoms with van der Waals surface area (Å²) in [7, 11) is -2.50. The first kappa shape index (κ1) is 29.8. The van der Waals surface area contributed by atoms with Crippen molar-refractivity contribution in [2.75, 3.05) is 33.4 Å². The van der Waals surface area contributed by atoms with E-state index in [0.29, 0.717) is 11.3 Å². The van der Waals surface area contributed by atoms with Crippen molar-refractivity contribution in [1.29, 1.82) is 0 Å². The standard InChI is InChI=1S/C27H31F3N2O7S/c1-37-22-8-10-23(11-9-22)40(35,36)32(12-14-33)13-15-38-25-17-19(16-24(39-25)26(34)31-21-6-7-21)18-2-4-20(5-3-18)27(28,29)30/h2-5,8-11,16,19,21,25,33H,6-7,12-15,17H2,1H3,(H,31,34)/t19-,25+/m0/s1. The van der Waals surface area contributed by atoms with Crippen LogP contribution in [0.15, 0.2) is 65.3 Å². The van der Waals surface area contributed by atoms with Crippen LogP contribution >= 0.6 is 0 Å². The van der Waals surface area contributed by atoms with Crippen LogP contribution in [0.3, 0.4) is 0 Å². The average Bonchev–Trinajstić information content (AvgIpc) is 3.76. The monoisotopic (exact) mass is 584 g/mol. The summed E-state index contributed by atoms with van der Waals surface area (Å²) in [6.07, 6.45) is -1.98. The SMILES string of the molecule is COc1ccc(S(=O)(=O)N(CCO)CCO[C@H]2C[C@@H](c3ccc(C(F)(F)F)cc3)C=C(C(=O)NC3CC3)O2)cc1. The van der Waals surface area contributed by atoms with Crippen LogP contribution in [0.1, 0.15) is 36.3 Å². The van der Waals surface area contributed by atoms with Crippen LogP contribution < -0.4 is 10.1 Å². The number of halogens is 3. The number of aliphatic hydroxyl groups is 1. The number of rotatable bonds is 12. The molecule has 0 bridgehead atoms. The maximum atomic E-state index is 13.1. The van der Waals surface area contributed by atoms with Crippen molar-refractivity contribution in [3.8, 4) is 5.75 Å². The van der Waals surface area contributed by atoms with Crippen molar-refractivity contribution in [3.63, 3.8) is 0 Å². The number of carbonyl (C=O) groups is 1. The minimum Gasteiger partial charge on any atom is -0.497 e. The Morgan fingerprint density at radius 2 is 1.77 bits per heavy atom. The number of carbonyl (C=O) groups excluding carboxylic acids is 1. The molecule has 2 aliphatic rings. The zero-order chi connectivity index (χ0) is 28.9. The molecule has 218 valence electrons. The molecule has 1 heterocycles. The third kappa shape index (κ3) is 7.53. The zero-order valence-electron chi connectivity index (χ0n) is 21.8. The number of benzene rings is 2. The molecule has 0 spiro atoms. The van der Waals surface area contributed by atoms with E-state index in [1.807, 2.05) is 0 Å². The first-order valence-electron chi connectivity index (χ1n) is 12.7. The molecule has 0 radical (unpaired) electrons. The van der Waals surface area contributed by atoms with Gasteiger partial charge in [-0.1, -0.05) is 12.1 Å². The lowest BCUT2D eigenvalue weighted by Crippen LogP contribution is -2.38. The van der Waals surface area contributed by atoms with Crippen LogP contribution in [0.5, 0.6) is 5.75 Å². The van der Waals surface area contributed by atoms with E-state index in [-0.39, 0.29) is 42.8 Å². The molecule has 0 saturated heterocycles. The fraction of sp³-hybridized carbons (Fsp3) is 0.444. The topological polar surface area (TPSA) is 114 Å². The summed E-state index contributed by atoms with van der Waals surface area (Å²) in [4.78, 5) is 12.7. The minimum absolute atomic E-state index is 0.00823. The summed E-state index contributed by atoms with van der Waals surface area (Å²) < 4.78 is 83.1. The molecule has 40 heavy (non-hydrogen) atoms. The predicted octanol–water partition coefficient (Wildman–Crippen LogP) is 3.41. The number of alkyl halides is 3. The fourth-order valence-electron chi connectivity index (χ4n) is 4.20. The van der Waals surface area contributed by atoms with Gasteiger partial charge >= 0.3 is 6.18 Å². The molecule has 2 aromatic rings. The number of allylic oxidation sites excluding steroid dienone is 1. The highest BCUT2D eigenvalue weighted by Crippen LogP contribution is 2.35. The Bertz CT molecular complexity index is 1290. The molecule has 1 aliphatic heterocycles. The predicted molar refractivity (Wildman–Crippen MR) is 138 cm³/mol. The van der Waals surface area contributed by atoms with Crippen molar-refractivity contribution in [2.24, 2.45) is 0 Å².